The Bertz CT molecular complexity index is 446. The second-order valence-corrected chi connectivity index (χ2v) is 6.46. The molecular weight excluding hydrogens is 276 g/mol. The molecule has 1 aliphatic carbocycles. The number of hydrogen-bond donors (Lipinski definition) is 1. The Morgan fingerprint density at radius 3 is 2.68 bits per heavy atom. The van der Waals surface area contributed by atoms with Crippen LogP contribution in [0.25, 0.3) is 0 Å². The average molecular weight is 306 g/mol. The van der Waals surface area contributed by atoms with E-state index in [9.17, 15) is 4.79 Å². The van der Waals surface area contributed by atoms with Crippen LogP contribution in [-0.2, 0) is 9.53 Å². The predicted octanol–water partition coefficient (Wildman–Crippen LogP) is 3.21. The molecular formula is C18H30N2O2. The van der Waals surface area contributed by atoms with Crippen molar-refractivity contribution in [1.82, 2.24) is 10.2 Å². The van der Waals surface area contributed by atoms with Crippen LogP contribution in [0.15, 0.2) is 23.2 Å². The Hall–Kier alpha value is -1.45. The number of nitrogens with zero attached hydrogens (tertiary/aromatic N) is 1. The minimum Gasteiger partial charge on any atom is -0.495 e. The van der Waals surface area contributed by atoms with Crippen molar-refractivity contribution in [2.24, 2.45) is 5.92 Å². The van der Waals surface area contributed by atoms with E-state index in [0.717, 1.165) is 50.4 Å². The van der Waals surface area contributed by atoms with Gasteiger partial charge in [-0.25, -0.2) is 0 Å². The van der Waals surface area contributed by atoms with Crippen LogP contribution in [0.2, 0.25) is 0 Å². The summed E-state index contributed by atoms with van der Waals surface area (Å²) >= 11 is 0. The number of methoxy groups -OCH3 is 1. The highest BCUT2D eigenvalue weighted by atomic mass is 16.5. The molecule has 1 fully saturated rings. The maximum Gasteiger partial charge on any atom is 0.139 e. The van der Waals surface area contributed by atoms with E-state index in [-0.39, 0.29) is 0 Å². The number of hydrogen-bond acceptors (Lipinski definition) is 4. The minimum atomic E-state index is 0.323. The van der Waals surface area contributed by atoms with E-state index in [2.05, 4.69) is 16.3 Å². The van der Waals surface area contributed by atoms with E-state index in [4.69, 9.17) is 4.74 Å². The van der Waals surface area contributed by atoms with Crippen molar-refractivity contribution in [2.45, 2.75) is 51.9 Å². The van der Waals surface area contributed by atoms with Gasteiger partial charge in [-0.05, 0) is 51.4 Å². The van der Waals surface area contributed by atoms with Crippen molar-refractivity contribution >= 4 is 5.78 Å². The molecule has 0 amide bonds. The molecule has 2 rings (SSSR count). The first-order valence-electron chi connectivity index (χ1n) is 8.54. The number of piperidine rings is 1. The number of Topliss-reactive ketones (excluding diaryl/α,β-unsaturated/α-hetero) is 1. The lowest BCUT2D eigenvalue weighted by molar-refractivity contribution is -0.117. The molecule has 4 heteroatoms. The summed E-state index contributed by atoms with van der Waals surface area (Å²) in [5.41, 5.74) is 2.61. The predicted molar refractivity (Wildman–Crippen MR) is 89.2 cm³/mol. The summed E-state index contributed by atoms with van der Waals surface area (Å²) in [4.78, 5) is 13.5. The molecule has 0 spiro atoms. The van der Waals surface area contributed by atoms with Crippen molar-refractivity contribution in [1.29, 1.82) is 0 Å². The number of ketones is 1. The Balaban J connectivity index is 1.83. The lowest BCUT2D eigenvalue weighted by Crippen LogP contribution is -2.34. The third kappa shape index (κ3) is 4.52. The smallest absolute Gasteiger partial charge is 0.139 e. The fourth-order valence-corrected chi connectivity index (χ4v) is 3.52. The van der Waals surface area contributed by atoms with Gasteiger partial charge >= 0.3 is 0 Å². The van der Waals surface area contributed by atoms with Crippen molar-refractivity contribution in [3.8, 4) is 0 Å². The molecule has 2 aliphatic rings. The van der Waals surface area contributed by atoms with Gasteiger partial charge in [-0.2, -0.15) is 0 Å². The molecule has 0 atom stereocenters. The van der Waals surface area contributed by atoms with Crippen LogP contribution in [0.1, 0.15) is 51.9 Å². The molecule has 0 aromatic heterocycles. The summed E-state index contributed by atoms with van der Waals surface area (Å²) in [5, 5.41) is 3.23. The van der Waals surface area contributed by atoms with Gasteiger partial charge in [-0.1, -0.05) is 0 Å². The summed E-state index contributed by atoms with van der Waals surface area (Å²) in [6.07, 6.45) is 9.85. The van der Waals surface area contributed by atoms with Gasteiger partial charge in [0.25, 0.3) is 0 Å². The van der Waals surface area contributed by atoms with Gasteiger partial charge in [-0.3, -0.25) is 0 Å². The molecule has 22 heavy (non-hydrogen) atoms. The summed E-state index contributed by atoms with van der Waals surface area (Å²) in [5.74, 6) is 2.10. The maximum absolute atomic E-state index is 11.0. The Labute approximate surface area is 134 Å². The van der Waals surface area contributed by atoms with Crippen LogP contribution in [0, 0.1) is 5.92 Å². The number of allylic oxidation sites excluding steroid dienone is 3. The molecule has 1 saturated heterocycles. The van der Waals surface area contributed by atoms with E-state index in [1.807, 2.05) is 7.05 Å². The third-order valence-corrected chi connectivity index (χ3v) is 4.91. The molecule has 1 aliphatic heterocycles. The standard InChI is InChI=1S/C18H30N2O2/c1-14(21)5-4-6-15-9-11-20(12-10-15)16-7-8-17(19-2)18(13-16)22-3/h13,15,19H,4-12H2,1-3H3. The number of rotatable bonds is 7. The summed E-state index contributed by atoms with van der Waals surface area (Å²) in [6, 6.07) is 0. The lowest BCUT2D eigenvalue weighted by Gasteiger charge is -2.36. The molecule has 4 nitrogen and oxygen atoms in total. The van der Waals surface area contributed by atoms with Gasteiger partial charge in [0.1, 0.15) is 11.5 Å². The van der Waals surface area contributed by atoms with Crippen LogP contribution in [0.3, 0.4) is 0 Å². The van der Waals surface area contributed by atoms with Crippen molar-refractivity contribution in [3.63, 3.8) is 0 Å². The fraction of sp³-hybridized carbons (Fsp3) is 0.722. The summed E-state index contributed by atoms with van der Waals surface area (Å²) in [7, 11) is 3.70. The Morgan fingerprint density at radius 2 is 2.09 bits per heavy atom. The van der Waals surface area contributed by atoms with Gasteiger partial charge < -0.3 is 19.7 Å². The molecule has 0 saturated carbocycles. The third-order valence-electron chi connectivity index (χ3n) is 4.91. The number of carbonyl (C=O) groups excluding carboxylic acids is 1. The second-order valence-electron chi connectivity index (χ2n) is 6.46. The fourth-order valence-electron chi connectivity index (χ4n) is 3.52. The Morgan fingerprint density at radius 1 is 1.36 bits per heavy atom. The largest absolute Gasteiger partial charge is 0.495 e. The highest BCUT2D eigenvalue weighted by Gasteiger charge is 2.23. The Kier molecular flexibility index (Phi) is 6.34. The zero-order valence-electron chi connectivity index (χ0n) is 14.3. The van der Waals surface area contributed by atoms with Crippen LogP contribution >= 0.6 is 0 Å². The first-order chi connectivity index (χ1) is 10.6. The van der Waals surface area contributed by atoms with Gasteiger partial charge in [0.05, 0.1) is 12.8 Å². The summed E-state index contributed by atoms with van der Waals surface area (Å²) < 4.78 is 5.49. The quantitative estimate of drug-likeness (QED) is 0.784. The normalized spacial score (nSPS) is 20.0. The van der Waals surface area contributed by atoms with Gasteiger partial charge in [-0.15, -0.1) is 0 Å². The van der Waals surface area contributed by atoms with Gasteiger partial charge in [0.2, 0.25) is 0 Å². The minimum absolute atomic E-state index is 0.323. The molecule has 0 aromatic carbocycles. The highest BCUT2D eigenvalue weighted by Crippen LogP contribution is 2.30. The van der Waals surface area contributed by atoms with E-state index in [1.165, 1.54) is 30.7 Å². The first kappa shape index (κ1) is 16.9. The van der Waals surface area contributed by atoms with Crippen LogP contribution in [-0.4, -0.2) is 37.9 Å². The van der Waals surface area contributed by atoms with Gasteiger partial charge in [0.15, 0.2) is 0 Å². The van der Waals surface area contributed by atoms with E-state index >= 15 is 0 Å². The molecule has 0 unspecified atom stereocenters. The van der Waals surface area contributed by atoms with Crippen LogP contribution < -0.4 is 5.32 Å². The first-order valence-corrected chi connectivity index (χ1v) is 8.54. The number of carbonyl (C=O) groups is 1. The number of nitrogens with one attached hydrogen (secondary N) is 1. The average Bonchev–Trinajstić information content (AvgIpc) is 2.54. The second kappa shape index (κ2) is 8.25. The van der Waals surface area contributed by atoms with E-state index in [1.54, 1.807) is 14.0 Å². The lowest BCUT2D eigenvalue weighted by atomic mass is 9.90. The molecule has 1 heterocycles. The van der Waals surface area contributed by atoms with Crippen molar-refractivity contribution < 1.29 is 9.53 Å². The molecule has 0 bridgehead atoms. The zero-order valence-corrected chi connectivity index (χ0v) is 14.3. The van der Waals surface area contributed by atoms with Crippen molar-refractivity contribution in [3.05, 3.63) is 23.2 Å². The topological polar surface area (TPSA) is 41.6 Å². The number of likely N-dealkylation sites (tertiary alicyclic amines) is 1. The van der Waals surface area contributed by atoms with Crippen LogP contribution in [0.4, 0.5) is 0 Å². The molecule has 0 radical (unpaired) electrons. The van der Waals surface area contributed by atoms with E-state index in [0.29, 0.717) is 5.78 Å². The summed E-state index contributed by atoms with van der Waals surface area (Å²) in [6.45, 7) is 3.98. The van der Waals surface area contributed by atoms with E-state index < -0.39 is 0 Å². The van der Waals surface area contributed by atoms with Crippen LogP contribution in [0.5, 0.6) is 0 Å². The van der Waals surface area contributed by atoms with Crippen molar-refractivity contribution in [2.75, 3.05) is 27.2 Å². The maximum atomic E-state index is 11.0. The number of ether oxygens (including phenoxy) is 1. The van der Waals surface area contributed by atoms with Gasteiger partial charge in [0, 0.05) is 38.3 Å². The molecule has 0 aromatic rings. The monoisotopic (exact) mass is 306 g/mol. The SMILES string of the molecule is CNC1=C(OC)C=C(N2CCC(CCCC(C)=O)CC2)CC1. The zero-order chi connectivity index (χ0) is 15.9. The molecule has 1 N–H and O–H groups in total. The molecule has 124 valence electrons. The highest BCUT2D eigenvalue weighted by molar-refractivity contribution is 5.75.